The minimum absolute atomic E-state index is 0.00600. The van der Waals surface area contributed by atoms with Crippen molar-refractivity contribution in [3.8, 4) is 17.1 Å². The molecule has 2 aliphatic rings. The van der Waals surface area contributed by atoms with Crippen LogP contribution in [0.15, 0.2) is 98.6 Å². The molecule has 3 heterocycles. The second kappa shape index (κ2) is 10.9. The zero-order valence-electron chi connectivity index (χ0n) is 24.7. The number of para-hydroxylation sites is 1. The number of allylic oxidation sites excluding steroid dienone is 2. The van der Waals surface area contributed by atoms with Gasteiger partial charge >= 0.3 is 11.4 Å². The monoisotopic (exact) mass is 683 g/mol. The van der Waals surface area contributed by atoms with Crippen molar-refractivity contribution in [2.24, 2.45) is 5.41 Å². The first kappa shape index (κ1) is 29.3. The number of hydrogen-bond donors (Lipinski definition) is 0. The second-order valence-corrected chi connectivity index (χ2v) is 12.9. The molecule has 0 saturated heterocycles. The molecule has 1 aliphatic heterocycles. The number of halogens is 1. The van der Waals surface area contributed by atoms with Crippen LogP contribution in [0.4, 0.5) is 5.69 Å². The number of carbonyl (C=O) groups is 1. The molecule has 13 nitrogen and oxygen atoms in total. The van der Waals surface area contributed by atoms with Crippen LogP contribution >= 0.6 is 15.9 Å². The number of nitro benzene ring substituents is 1. The highest BCUT2D eigenvalue weighted by Gasteiger charge is 2.46. The van der Waals surface area contributed by atoms with Gasteiger partial charge < -0.3 is 4.74 Å². The first-order valence-electron chi connectivity index (χ1n) is 14.4. The van der Waals surface area contributed by atoms with Gasteiger partial charge in [-0.15, -0.1) is 5.10 Å². The molecule has 1 aliphatic carbocycles. The molecule has 3 aromatic carbocycles. The summed E-state index contributed by atoms with van der Waals surface area (Å²) in [5, 5.41) is 19.3. The molecular formula is C32H26BrN7O6. The van der Waals surface area contributed by atoms with Crippen LogP contribution < -0.4 is 16.1 Å². The Morgan fingerprint density at radius 1 is 0.978 bits per heavy atom. The third-order valence-corrected chi connectivity index (χ3v) is 8.66. The van der Waals surface area contributed by atoms with Gasteiger partial charge in [-0.05, 0) is 54.3 Å². The molecule has 2 aromatic heterocycles. The largest absolute Gasteiger partial charge is 0.487 e. The van der Waals surface area contributed by atoms with Crippen molar-refractivity contribution in [3.05, 3.63) is 131 Å². The average molecular weight is 685 g/mol. The Labute approximate surface area is 269 Å². The Morgan fingerprint density at radius 3 is 2.43 bits per heavy atom. The minimum atomic E-state index is -0.910. The Kier molecular flexibility index (Phi) is 6.96. The van der Waals surface area contributed by atoms with Gasteiger partial charge in [-0.2, -0.15) is 0 Å². The van der Waals surface area contributed by atoms with Gasteiger partial charge in [0.2, 0.25) is 0 Å². The molecule has 0 radical (unpaired) electrons. The normalized spacial score (nSPS) is 16.8. The maximum absolute atomic E-state index is 14.1. The molecule has 7 rings (SSSR count). The predicted octanol–water partition coefficient (Wildman–Crippen LogP) is 4.83. The number of hydrogen-bond acceptors (Lipinski definition) is 8. The summed E-state index contributed by atoms with van der Waals surface area (Å²) in [5.41, 5.74) is 1.36. The SMILES string of the molecule is CC1(C)CC(=O)C2=C(C1)n1c(=O)n(-c3ccccc3)c(=O)n1C2c1cc(Br)ccc1OCc1cn(-c2ccc([N+](=O)[O-])cc2)nn1. The Hall–Kier alpha value is -5.37. The zero-order valence-corrected chi connectivity index (χ0v) is 26.2. The number of Topliss-reactive ketones (excluding diaryl/α,β-unsaturated/α-hetero) is 1. The van der Waals surface area contributed by atoms with Crippen LogP contribution in [0.25, 0.3) is 17.1 Å². The Balaban J connectivity index is 1.29. The maximum Gasteiger partial charge on any atom is 0.356 e. The molecule has 46 heavy (non-hydrogen) atoms. The first-order chi connectivity index (χ1) is 22.0. The van der Waals surface area contributed by atoms with Gasteiger partial charge in [0.25, 0.3) is 5.69 Å². The van der Waals surface area contributed by atoms with E-state index in [4.69, 9.17) is 4.74 Å². The van der Waals surface area contributed by atoms with Crippen LogP contribution in [-0.4, -0.2) is 39.6 Å². The first-order valence-corrected chi connectivity index (χ1v) is 15.2. The quantitative estimate of drug-likeness (QED) is 0.175. The van der Waals surface area contributed by atoms with Gasteiger partial charge in [-0.1, -0.05) is 53.2 Å². The van der Waals surface area contributed by atoms with E-state index in [2.05, 4.69) is 26.2 Å². The van der Waals surface area contributed by atoms with Crippen LogP contribution in [-0.2, 0) is 11.4 Å². The van der Waals surface area contributed by atoms with Crippen LogP contribution in [0.3, 0.4) is 0 Å². The summed E-state index contributed by atoms with van der Waals surface area (Å²) in [7, 11) is 0. The number of fused-ring (bicyclic) bond motifs is 2. The highest BCUT2D eigenvalue weighted by Crippen LogP contribution is 2.48. The molecule has 5 aromatic rings. The molecule has 0 spiro atoms. The van der Waals surface area contributed by atoms with E-state index in [1.165, 1.54) is 26.2 Å². The van der Waals surface area contributed by atoms with Crippen LogP contribution in [0, 0.1) is 15.5 Å². The molecule has 14 heteroatoms. The van der Waals surface area contributed by atoms with Crippen LogP contribution in [0.2, 0.25) is 0 Å². The van der Waals surface area contributed by atoms with E-state index in [-0.39, 0.29) is 24.5 Å². The Morgan fingerprint density at radius 2 is 1.72 bits per heavy atom. The topological polar surface area (TPSA) is 149 Å². The molecular weight excluding hydrogens is 658 g/mol. The Bertz CT molecular complexity index is 2190. The number of carbonyl (C=O) groups excluding carboxylic acids is 1. The van der Waals surface area contributed by atoms with Crippen molar-refractivity contribution in [3.63, 3.8) is 0 Å². The fourth-order valence-corrected chi connectivity index (χ4v) is 6.55. The molecule has 1 atom stereocenters. The molecule has 0 saturated carbocycles. The lowest BCUT2D eigenvalue weighted by Gasteiger charge is -2.30. The van der Waals surface area contributed by atoms with Crippen molar-refractivity contribution < 1.29 is 14.5 Å². The number of nitrogens with zero attached hydrogens (tertiary/aromatic N) is 7. The van der Waals surface area contributed by atoms with Gasteiger partial charge in [0.05, 0.1) is 28.2 Å². The van der Waals surface area contributed by atoms with E-state index >= 15 is 0 Å². The number of ether oxygens (including phenoxy) is 1. The van der Waals surface area contributed by atoms with Crippen LogP contribution in [0.5, 0.6) is 5.75 Å². The lowest BCUT2D eigenvalue weighted by atomic mass is 9.74. The zero-order chi connectivity index (χ0) is 32.3. The molecule has 0 N–H and O–H groups in total. The van der Waals surface area contributed by atoms with Crippen LogP contribution in [0.1, 0.15) is 44.0 Å². The minimum Gasteiger partial charge on any atom is -0.487 e. The highest BCUT2D eigenvalue weighted by atomic mass is 79.9. The van der Waals surface area contributed by atoms with E-state index in [1.807, 2.05) is 13.8 Å². The molecule has 0 bridgehead atoms. The lowest BCUT2D eigenvalue weighted by Crippen LogP contribution is -2.33. The average Bonchev–Trinajstić information content (AvgIpc) is 3.70. The van der Waals surface area contributed by atoms with E-state index in [0.717, 1.165) is 4.57 Å². The standard InChI is InChI=1S/C32H26BrN7O6/c1-32(2)15-25-28(26(41)16-32)29(39-31(43)37(30(42)38(25)39)22-6-4-3-5-7-22)24-14-19(33)8-13-27(24)46-18-20-17-36(35-34-20)21-9-11-23(12-10-21)40(44)45/h3-14,17,29H,15-16,18H2,1-2H3. The van der Waals surface area contributed by atoms with Gasteiger partial charge in [0, 0.05) is 34.2 Å². The van der Waals surface area contributed by atoms with Crippen molar-refractivity contribution in [2.75, 3.05) is 0 Å². The fourth-order valence-electron chi connectivity index (χ4n) is 6.17. The molecule has 1 unspecified atom stereocenters. The number of nitro groups is 1. The van der Waals surface area contributed by atoms with Crippen molar-refractivity contribution >= 4 is 33.1 Å². The van der Waals surface area contributed by atoms with Gasteiger partial charge in [-0.25, -0.2) is 28.2 Å². The summed E-state index contributed by atoms with van der Waals surface area (Å²) < 4.78 is 12.3. The van der Waals surface area contributed by atoms with E-state index < -0.39 is 27.8 Å². The number of ketones is 1. The summed E-state index contributed by atoms with van der Waals surface area (Å²) in [6, 6.07) is 19.0. The molecule has 0 amide bonds. The number of aromatic nitrogens is 6. The number of non-ortho nitro benzene ring substituents is 1. The van der Waals surface area contributed by atoms with E-state index in [1.54, 1.807) is 66.9 Å². The number of rotatable bonds is 7. The van der Waals surface area contributed by atoms with Crippen molar-refractivity contribution in [1.82, 2.24) is 28.9 Å². The number of benzene rings is 3. The molecule has 0 fully saturated rings. The summed E-state index contributed by atoms with van der Waals surface area (Å²) in [6.07, 6.45) is 2.34. The smallest absolute Gasteiger partial charge is 0.356 e. The summed E-state index contributed by atoms with van der Waals surface area (Å²) in [5.74, 6) is 0.261. The van der Waals surface area contributed by atoms with Crippen molar-refractivity contribution in [1.29, 1.82) is 0 Å². The lowest BCUT2D eigenvalue weighted by molar-refractivity contribution is -0.384. The second-order valence-electron chi connectivity index (χ2n) is 12.0. The van der Waals surface area contributed by atoms with E-state index in [9.17, 15) is 24.5 Å². The molecule has 232 valence electrons. The third kappa shape index (κ3) is 4.90. The summed E-state index contributed by atoms with van der Waals surface area (Å²) in [4.78, 5) is 52.3. The highest BCUT2D eigenvalue weighted by molar-refractivity contribution is 9.10. The van der Waals surface area contributed by atoms with Crippen molar-refractivity contribution in [2.45, 2.75) is 39.3 Å². The third-order valence-electron chi connectivity index (χ3n) is 8.17. The van der Waals surface area contributed by atoms with Gasteiger partial charge in [0.15, 0.2) is 5.78 Å². The van der Waals surface area contributed by atoms with E-state index in [0.29, 0.717) is 50.5 Å². The predicted molar refractivity (Wildman–Crippen MR) is 170 cm³/mol. The summed E-state index contributed by atoms with van der Waals surface area (Å²) >= 11 is 3.53. The van der Waals surface area contributed by atoms with Gasteiger partial charge in [0.1, 0.15) is 24.1 Å². The maximum atomic E-state index is 14.1. The fraction of sp³-hybridized carbons (Fsp3) is 0.219. The van der Waals surface area contributed by atoms with Gasteiger partial charge in [-0.3, -0.25) is 14.9 Å². The summed E-state index contributed by atoms with van der Waals surface area (Å²) in [6.45, 7) is 3.94.